The van der Waals surface area contributed by atoms with Gasteiger partial charge in [-0.3, -0.25) is 4.79 Å². The summed E-state index contributed by atoms with van der Waals surface area (Å²) in [7, 11) is -2.82. The number of benzene rings is 1. The van der Waals surface area contributed by atoms with Gasteiger partial charge in [-0.25, -0.2) is 8.42 Å². The summed E-state index contributed by atoms with van der Waals surface area (Å²) in [4.78, 5) is 10.5. The van der Waals surface area contributed by atoms with Gasteiger partial charge < -0.3 is 15.6 Å². The zero-order valence-electron chi connectivity index (χ0n) is 9.00. The van der Waals surface area contributed by atoms with Gasteiger partial charge in [0.15, 0.2) is 0 Å². The van der Waals surface area contributed by atoms with Crippen molar-refractivity contribution in [2.75, 3.05) is 19.4 Å². The zero-order chi connectivity index (χ0) is 13.1. The van der Waals surface area contributed by atoms with Crippen LogP contribution in [0.3, 0.4) is 0 Å². The van der Waals surface area contributed by atoms with E-state index in [2.05, 4.69) is 4.74 Å². The number of para-hydroxylation sites is 1. The van der Waals surface area contributed by atoms with Crippen LogP contribution in [0.25, 0.3) is 0 Å². The minimum Gasteiger partial charge on any atom is -0.506 e. The fraction of sp³-hybridized carbons (Fsp3) is 0.222. The van der Waals surface area contributed by atoms with Crippen LogP contribution in [-0.2, 0) is 19.6 Å². The lowest BCUT2D eigenvalue weighted by Gasteiger charge is -2.08. The molecule has 0 spiro atoms. The van der Waals surface area contributed by atoms with Crippen LogP contribution < -0.4 is 10.5 Å². The minimum absolute atomic E-state index is 0.273. The molecule has 0 radical (unpaired) electrons. The van der Waals surface area contributed by atoms with Gasteiger partial charge >= 0.3 is 5.97 Å². The third-order valence-electron chi connectivity index (χ3n) is 1.97. The number of nitrogens with one attached hydrogen (secondary N) is 1. The van der Waals surface area contributed by atoms with Crippen molar-refractivity contribution in [3.8, 4) is 5.75 Å². The monoisotopic (exact) mass is 260 g/mol. The van der Waals surface area contributed by atoms with Gasteiger partial charge in [-0.15, -0.1) is 0 Å². The Bertz CT molecular complexity index is 526. The van der Waals surface area contributed by atoms with Gasteiger partial charge in [-0.2, -0.15) is 4.72 Å². The van der Waals surface area contributed by atoms with E-state index in [4.69, 9.17) is 5.73 Å². The van der Waals surface area contributed by atoms with Gasteiger partial charge in [0, 0.05) is 0 Å². The predicted molar refractivity (Wildman–Crippen MR) is 59.7 cm³/mol. The molecule has 0 saturated heterocycles. The number of rotatable bonds is 4. The average Bonchev–Trinajstić information content (AvgIpc) is 2.29. The Hall–Kier alpha value is -1.80. The molecule has 0 unspecified atom stereocenters. The Balaban J connectivity index is 2.98. The lowest BCUT2D eigenvalue weighted by molar-refractivity contribution is -0.139. The molecular formula is C9H12N2O5S. The van der Waals surface area contributed by atoms with Gasteiger partial charge in [0.1, 0.15) is 17.2 Å². The number of hydrogen-bond acceptors (Lipinski definition) is 6. The molecule has 1 aromatic rings. The molecule has 4 N–H and O–H groups in total. The summed E-state index contributed by atoms with van der Waals surface area (Å²) < 4.78 is 29.7. The Kier molecular flexibility index (Phi) is 3.92. The van der Waals surface area contributed by atoms with Gasteiger partial charge in [0.25, 0.3) is 0 Å². The number of phenolic OH excluding ortho intramolecular Hbond substituents is 1. The number of esters is 1. The number of hydrogen-bond donors (Lipinski definition) is 3. The van der Waals surface area contributed by atoms with Crippen molar-refractivity contribution in [1.29, 1.82) is 0 Å². The molecule has 0 aromatic heterocycles. The maximum absolute atomic E-state index is 11.7. The normalized spacial score (nSPS) is 11.1. The molecule has 0 aliphatic carbocycles. The molecule has 0 amide bonds. The highest BCUT2D eigenvalue weighted by atomic mass is 32.2. The maximum Gasteiger partial charge on any atom is 0.320 e. The van der Waals surface area contributed by atoms with E-state index >= 15 is 0 Å². The Morgan fingerprint density at radius 2 is 2.18 bits per heavy atom. The van der Waals surface area contributed by atoms with Crippen molar-refractivity contribution in [3.05, 3.63) is 18.2 Å². The van der Waals surface area contributed by atoms with E-state index < -0.39 is 22.5 Å². The molecule has 1 rings (SSSR count). The predicted octanol–water partition coefficient (Wildman–Crippen LogP) is -0.574. The first-order valence-corrected chi connectivity index (χ1v) is 6.00. The summed E-state index contributed by atoms with van der Waals surface area (Å²) in [5.41, 5.74) is 5.15. The molecule has 0 heterocycles. The number of anilines is 1. The van der Waals surface area contributed by atoms with E-state index in [9.17, 15) is 18.3 Å². The van der Waals surface area contributed by atoms with Crippen LogP contribution >= 0.6 is 0 Å². The summed E-state index contributed by atoms with van der Waals surface area (Å²) in [5, 5.41) is 9.28. The van der Waals surface area contributed by atoms with E-state index in [0.29, 0.717) is 0 Å². The second-order valence-corrected chi connectivity index (χ2v) is 4.83. The molecule has 7 nitrogen and oxygen atoms in total. The van der Waals surface area contributed by atoms with Gasteiger partial charge in [0.2, 0.25) is 10.0 Å². The van der Waals surface area contributed by atoms with Gasteiger partial charge in [-0.1, -0.05) is 6.07 Å². The second-order valence-electron chi connectivity index (χ2n) is 3.09. The van der Waals surface area contributed by atoms with Crippen molar-refractivity contribution in [1.82, 2.24) is 4.72 Å². The Morgan fingerprint density at radius 3 is 2.76 bits per heavy atom. The summed E-state index contributed by atoms with van der Waals surface area (Å²) in [6.45, 7) is -0.506. The van der Waals surface area contributed by atoms with Crippen LogP contribution in [0.2, 0.25) is 0 Å². The third kappa shape index (κ3) is 3.08. The maximum atomic E-state index is 11.7. The number of nitrogens with two attached hydrogens (primary N) is 1. The fourth-order valence-electron chi connectivity index (χ4n) is 1.07. The topological polar surface area (TPSA) is 119 Å². The molecule has 17 heavy (non-hydrogen) atoms. The van der Waals surface area contributed by atoms with Crippen molar-refractivity contribution in [2.24, 2.45) is 0 Å². The minimum atomic E-state index is -3.95. The lowest BCUT2D eigenvalue weighted by Crippen LogP contribution is -2.30. The van der Waals surface area contributed by atoms with E-state index in [0.717, 1.165) is 7.11 Å². The van der Waals surface area contributed by atoms with Crippen LogP contribution in [0.5, 0.6) is 5.75 Å². The highest BCUT2D eigenvalue weighted by Gasteiger charge is 2.20. The molecule has 0 saturated carbocycles. The SMILES string of the molecule is COC(=O)CNS(=O)(=O)c1cccc(O)c1N. The summed E-state index contributed by atoms with van der Waals surface area (Å²) in [6.07, 6.45) is 0. The summed E-state index contributed by atoms with van der Waals surface area (Å²) in [6, 6.07) is 3.81. The van der Waals surface area contributed by atoms with Crippen LogP contribution in [0.4, 0.5) is 5.69 Å². The Labute approximate surface area is 98.2 Å². The van der Waals surface area contributed by atoms with Crippen molar-refractivity contribution >= 4 is 21.7 Å². The van der Waals surface area contributed by atoms with Crippen molar-refractivity contribution < 1.29 is 23.1 Å². The number of carbonyl (C=O) groups is 1. The van der Waals surface area contributed by atoms with Crippen LogP contribution in [-0.4, -0.2) is 33.1 Å². The molecule has 8 heteroatoms. The first kappa shape index (κ1) is 13.3. The van der Waals surface area contributed by atoms with Crippen molar-refractivity contribution in [3.63, 3.8) is 0 Å². The number of carbonyl (C=O) groups excluding carboxylic acids is 1. The number of nitrogen functional groups attached to an aromatic ring is 1. The molecular weight excluding hydrogens is 248 g/mol. The van der Waals surface area contributed by atoms with E-state index in [-0.39, 0.29) is 16.3 Å². The zero-order valence-corrected chi connectivity index (χ0v) is 9.82. The fourth-order valence-corrected chi connectivity index (χ4v) is 2.19. The lowest BCUT2D eigenvalue weighted by atomic mass is 10.3. The molecule has 94 valence electrons. The third-order valence-corrected chi connectivity index (χ3v) is 3.43. The van der Waals surface area contributed by atoms with E-state index in [1.165, 1.54) is 18.2 Å². The van der Waals surface area contributed by atoms with E-state index in [1.54, 1.807) is 0 Å². The second kappa shape index (κ2) is 5.02. The number of methoxy groups -OCH3 is 1. The average molecular weight is 260 g/mol. The number of sulfonamides is 1. The Morgan fingerprint density at radius 1 is 1.53 bits per heavy atom. The molecule has 0 aliphatic heterocycles. The molecule has 0 aliphatic rings. The molecule has 1 aromatic carbocycles. The van der Waals surface area contributed by atoms with Gasteiger partial charge in [0.05, 0.1) is 12.8 Å². The molecule has 0 bridgehead atoms. The largest absolute Gasteiger partial charge is 0.506 e. The number of ether oxygens (including phenoxy) is 1. The van der Waals surface area contributed by atoms with Crippen molar-refractivity contribution in [2.45, 2.75) is 4.90 Å². The summed E-state index contributed by atoms with van der Waals surface area (Å²) >= 11 is 0. The highest BCUT2D eigenvalue weighted by molar-refractivity contribution is 7.89. The number of aromatic hydroxyl groups is 1. The van der Waals surface area contributed by atoms with Crippen LogP contribution in [0, 0.1) is 0 Å². The van der Waals surface area contributed by atoms with E-state index in [1.807, 2.05) is 4.72 Å². The molecule has 0 fully saturated rings. The number of phenols is 1. The van der Waals surface area contributed by atoms with Gasteiger partial charge in [-0.05, 0) is 12.1 Å². The quantitative estimate of drug-likeness (QED) is 0.379. The standard InChI is InChI=1S/C9H12N2O5S/c1-16-8(13)5-11-17(14,15)7-4-2-3-6(12)9(7)10/h2-4,11-12H,5,10H2,1H3. The smallest absolute Gasteiger partial charge is 0.320 e. The van der Waals surface area contributed by atoms with Crippen LogP contribution in [0.1, 0.15) is 0 Å². The summed E-state index contributed by atoms with van der Waals surface area (Å²) in [5.74, 6) is -1.07. The first-order chi connectivity index (χ1) is 7.88. The highest BCUT2D eigenvalue weighted by Crippen LogP contribution is 2.26. The van der Waals surface area contributed by atoms with Crippen LogP contribution in [0.15, 0.2) is 23.1 Å². The first-order valence-electron chi connectivity index (χ1n) is 4.52. The molecule has 0 atom stereocenters.